The standard InChI is InChI=1S/C17H18N4O2/c1-18-15(22)11-21-9-5-8-14-13(17(21)23)10-19-16(20-14)12-6-3-2-4-7-12/h2-4,6-7,10H,5,8-9,11H2,1H3,(H,18,22). The Bertz CT molecular complexity index is 731. The maximum Gasteiger partial charge on any atom is 0.257 e. The van der Waals surface area contributed by atoms with Gasteiger partial charge in [0, 0.05) is 25.4 Å². The number of rotatable bonds is 3. The highest BCUT2D eigenvalue weighted by Crippen LogP contribution is 2.20. The van der Waals surface area contributed by atoms with Crippen LogP contribution in [0.2, 0.25) is 0 Å². The summed E-state index contributed by atoms with van der Waals surface area (Å²) in [5.74, 6) is 0.265. The van der Waals surface area contributed by atoms with Gasteiger partial charge in [0.2, 0.25) is 5.91 Å². The number of carbonyl (C=O) groups excluding carboxylic acids is 2. The van der Waals surface area contributed by atoms with E-state index in [9.17, 15) is 9.59 Å². The maximum atomic E-state index is 12.6. The summed E-state index contributed by atoms with van der Waals surface area (Å²) in [6.07, 6.45) is 3.06. The lowest BCUT2D eigenvalue weighted by Gasteiger charge is -2.19. The first-order chi connectivity index (χ1) is 11.2. The van der Waals surface area contributed by atoms with Crippen LogP contribution in [0.3, 0.4) is 0 Å². The molecule has 1 N–H and O–H groups in total. The molecule has 6 nitrogen and oxygen atoms in total. The Hall–Kier alpha value is -2.76. The van der Waals surface area contributed by atoms with Crippen molar-refractivity contribution in [2.24, 2.45) is 0 Å². The molecule has 6 heteroatoms. The van der Waals surface area contributed by atoms with Gasteiger partial charge >= 0.3 is 0 Å². The van der Waals surface area contributed by atoms with E-state index < -0.39 is 0 Å². The molecule has 2 aromatic rings. The predicted octanol–water partition coefficient (Wildman–Crippen LogP) is 1.28. The van der Waals surface area contributed by atoms with E-state index >= 15 is 0 Å². The first-order valence-electron chi connectivity index (χ1n) is 7.60. The number of aromatic nitrogens is 2. The molecule has 1 aromatic heterocycles. The molecule has 0 fully saturated rings. The average molecular weight is 310 g/mol. The molecule has 118 valence electrons. The Balaban J connectivity index is 1.91. The van der Waals surface area contributed by atoms with E-state index in [-0.39, 0.29) is 18.4 Å². The quantitative estimate of drug-likeness (QED) is 0.926. The molecule has 1 aliphatic rings. The number of likely N-dealkylation sites (N-methyl/N-ethyl adjacent to an activating group) is 1. The van der Waals surface area contributed by atoms with Crippen molar-refractivity contribution in [2.75, 3.05) is 20.1 Å². The third kappa shape index (κ3) is 3.21. The lowest BCUT2D eigenvalue weighted by molar-refractivity contribution is -0.121. The number of nitrogens with zero attached hydrogens (tertiary/aromatic N) is 3. The maximum absolute atomic E-state index is 12.6. The SMILES string of the molecule is CNC(=O)CN1CCCc2nc(-c3ccccc3)ncc2C1=O. The van der Waals surface area contributed by atoms with Crippen molar-refractivity contribution < 1.29 is 9.59 Å². The number of hydrogen-bond acceptors (Lipinski definition) is 4. The zero-order valence-electron chi connectivity index (χ0n) is 13.0. The van der Waals surface area contributed by atoms with Crippen LogP contribution in [0.4, 0.5) is 0 Å². The van der Waals surface area contributed by atoms with Gasteiger partial charge in [-0.2, -0.15) is 0 Å². The lowest BCUT2D eigenvalue weighted by atomic mass is 10.1. The summed E-state index contributed by atoms with van der Waals surface area (Å²) in [4.78, 5) is 34.6. The molecule has 0 aliphatic carbocycles. The summed E-state index contributed by atoms with van der Waals surface area (Å²) in [5, 5.41) is 2.54. The Morgan fingerprint density at radius 1 is 1.30 bits per heavy atom. The molecule has 0 saturated carbocycles. The minimum atomic E-state index is -0.180. The van der Waals surface area contributed by atoms with Gasteiger partial charge in [0.05, 0.1) is 17.8 Å². The number of nitrogens with one attached hydrogen (secondary N) is 1. The second kappa shape index (κ2) is 6.56. The van der Waals surface area contributed by atoms with Crippen molar-refractivity contribution in [2.45, 2.75) is 12.8 Å². The van der Waals surface area contributed by atoms with Gasteiger partial charge < -0.3 is 10.2 Å². The monoisotopic (exact) mass is 310 g/mol. The number of hydrogen-bond donors (Lipinski definition) is 1. The topological polar surface area (TPSA) is 75.2 Å². The van der Waals surface area contributed by atoms with Crippen LogP contribution < -0.4 is 5.32 Å². The average Bonchev–Trinajstić information content (AvgIpc) is 2.75. The van der Waals surface area contributed by atoms with Gasteiger partial charge in [0.1, 0.15) is 0 Å². The minimum absolute atomic E-state index is 0.0647. The Labute approximate surface area is 134 Å². The second-order valence-corrected chi connectivity index (χ2v) is 5.42. The van der Waals surface area contributed by atoms with Crippen molar-refractivity contribution in [1.29, 1.82) is 0 Å². The summed E-state index contributed by atoms with van der Waals surface area (Å²) in [7, 11) is 1.56. The Morgan fingerprint density at radius 3 is 2.83 bits per heavy atom. The lowest BCUT2D eigenvalue weighted by Crippen LogP contribution is -2.39. The van der Waals surface area contributed by atoms with Crippen molar-refractivity contribution in [3.63, 3.8) is 0 Å². The fourth-order valence-electron chi connectivity index (χ4n) is 2.63. The van der Waals surface area contributed by atoms with Gasteiger partial charge in [-0.15, -0.1) is 0 Å². The van der Waals surface area contributed by atoms with Crippen molar-refractivity contribution >= 4 is 11.8 Å². The fourth-order valence-corrected chi connectivity index (χ4v) is 2.63. The molecule has 0 bridgehead atoms. The van der Waals surface area contributed by atoms with Crippen LogP contribution >= 0.6 is 0 Å². The normalized spacial score (nSPS) is 14.1. The van der Waals surface area contributed by atoms with Crippen LogP contribution in [0.5, 0.6) is 0 Å². The van der Waals surface area contributed by atoms with E-state index in [4.69, 9.17) is 0 Å². The van der Waals surface area contributed by atoms with Gasteiger partial charge in [-0.05, 0) is 12.8 Å². The number of carbonyl (C=O) groups is 2. The van der Waals surface area contributed by atoms with Crippen LogP contribution in [0.15, 0.2) is 36.5 Å². The third-order valence-corrected chi connectivity index (χ3v) is 3.87. The zero-order chi connectivity index (χ0) is 16.2. The summed E-state index contributed by atoms with van der Waals surface area (Å²) in [6, 6.07) is 9.69. The molecule has 0 atom stereocenters. The number of fused-ring (bicyclic) bond motifs is 1. The summed E-state index contributed by atoms with van der Waals surface area (Å²) in [5.41, 5.74) is 2.17. The predicted molar refractivity (Wildman–Crippen MR) is 85.8 cm³/mol. The third-order valence-electron chi connectivity index (χ3n) is 3.87. The number of aryl methyl sites for hydroxylation is 1. The minimum Gasteiger partial charge on any atom is -0.358 e. The first kappa shape index (κ1) is 15.1. The van der Waals surface area contributed by atoms with Gasteiger partial charge in [0.25, 0.3) is 5.91 Å². The van der Waals surface area contributed by atoms with Gasteiger partial charge in [-0.1, -0.05) is 30.3 Å². The molecule has 1 aliphatic heterocycles. The second-order valence-electron chi connectivity index (χ2n) is 5.42. The molecule has 0 spiro atoms. The molecule has 0 saturated heterocycles. The van der Waals surface area contributed by atoms with E-state index in [0.29, 0.717) is 24.4 Å². The largest absolute Gasteiger partial charge is 0.358 e. The zero-order valence-corrected chi connectivity index (χ0v) is 13.0. The molecule has 0 radical (unpaired) electrons. The van der Waals surface area contributed by atoms with Crippen LogP contribution in [0.25, 0.3) is 11.4 Å². The van der Waals surface area contributed by atoms with E-state index in [1.54, 1.807) is 18.1 Å². The highest BCUT2D eigenvalue weighted by atomic mass is 16.2. The summed E-state index contributed by atoms with van der Waals surface area (Å²) < 4.78 is 0. The van der Waals surface area contributed by atoms with Crippen LogP contribution in [0.1, 0.15) is 22.5 Å². The van der Waals surface area contributed by atoms with E-state index in [1.807, 2.05) is 30.3 Å². The van der Waals surface area contributed by atoms with Crippen LogP contribution in [-0.4, -0.2) is 46.8 Å². The van der Waals surface area contributed by atoms with E-state index in [2.05, 4.69) is 15.3 Å². The van der Waals surface area contributed by atoms with Crippen molar-refractivity contribution in [3.05, 3.63) is 47.8 Å². The van der Waals surface area contributed by atoms with Crippen molar-refractivity contribution in [3.8, 4) is 11.4 Å². The number of benzene rings is 1. The van der Waals surface area contributed by atoms with E-state index in [0.717, 1.165) is 17.7 Å². The van der Waals surface area contributed by atoms with Gasteiger partial charge in [-0.25, -0.2) is 9.97 Å². The van der Waals surface area contributed by atoms with Gasteiger partial charge in [0.15, 0.2) is 5.82 Å². The molecule has 3 rings (SSSR count). The fraction of sp³-hybridized carbons (Fsp3) is 0.294. The van der Waals surface area contributed by atoms with E-state index in [1.165, 1.54) is 0 Å². The molecular formula is C17H18N4O2. The van der Waals surface area contributed by atoms with Crippen molar-refractivity contribution in [1.82, 2.24) is 20.2 Å². The smallest absolute Gasteiger partial charge is 0.257 e. The van der Waals surface area contributed by atoms with Crippen LogP contribution in [0, 0.1) is 0 Å². The summed E-state index contributed by atoms with van der Waals surface area (Å²) in [6.45, 7) is 0.610. The Morgan fingerprint density at radius 2 is 2.09 bits per heavy atom. The highest BCUT2D eigenvalue weighted by Gasteiger charge is 2.25. The van der Waals surface area contributed by atoms with Crippen LogP contribution in [-0.2, 0) is 11.2 Å². The molecule has 0 unspecified atom stereocenters. The van der Waals surface area contributed by atoms with Gasteiger partial charge in [-0.3, -0.25) is 9.59 Å². The molecular weight excluding hydrogens is 292 g/mol. The molecule has 23 heavy (non-hydrogen) atoms. The Kier molecular flexibility index (Phi) is 4.32. The highest BCUT2D eigenvalue weighted by molar-refractivity contribution is 5.97. The number of amides is 2. The molecule has 1 aromatic carbocycles. The first-order valence-corrected chi connectivity index (χ1v) is 7.60. The molecule has 2 heterocycles. The summed E-state index contributed by atoms with van der Waals surface area (Å²) >= 11 is 0. The molecule has 2 amide bonds.